The second kappa shape index (κ2) is 4.67. The molecule has 1 fully saturated rings. The van der Waals surface area contributed by atoms with Crippen LogP contribution in [-0.2, 0) is 12.8 Å². The molecule has 2 N–H and O–H groups in total. The van der Waals surface area contributed by atoms with Gasteiger partial charge in [0.2, 0.25) is 0 Å². The van der Waals surface area contributed by atoms with E-state index in [1.807, 2.05) is 0 Å². The number of benzene rings is 1. The summed E-state index contributed by atoms with van der Waals surface area (Å²) in [7, 11) is 0. The van der Waals surface area contributed by atoms with Crippen molar-refractivity contribution < 1.29 is 0 Å². The van der Waals surface area contributed by atoms with Crippen LogP contribution in [0.2, 0.25) is 0 Å². The average Bonchev–Trinajstić information content (AvgIpc) is 3.16. The van der Waals surface area contributed by atoms with Gasteiger partial charge in [0.15, 0.2) is 0 Å². The van der Waals surface area contributed by atoms with Crippen LogP contribution >= 0.6 is 0 Å². The normalized spacial score (nSPS) is 24.1. The Bertz CT molecular complexity index is 394. The highest BCUT2D eigenvalue weighted by Crippen LogP contribution is 2.38. The van der Waals surface area contributed by atoms with Gasteiger partial charge in [-0.3, -0.25) is 0 Å². The molecule has 1 aliphatic heterocycles. The molecule has 0 aromatic heterocycles. The quantitative estimate of drug-likeness (QED) is 0.883. The Kier molecular flexibility index (Phi) is 3.16. The average molecular weight is 244 g/mol. The molecule has 3 rings (SSSR count). The van der Waals surface area contributed by atoms with Gasteiger partial charge < -0.3 is 10.6 Å². The van der Waals surface area contributed by atoms with E-state index in [2.05, 4.69) is 36.1 Å². The van der Waals surface area contributed by atoms with Crippen molar-refractivity contribution >= 4 is 0 Å². The standard InChI is InChI=1S/C16H24N2/c1-16(17,15-6-7-15)12-18-10-8-13-4-2-3-5-14(13)9-11-18/h2-5,15H,6-12,17H2,1H3. The van der Waals surface area contributed by atoms with E-state index in [4.69, 9.17) is 5.73 Å². The minimum atomic E-state index is 0.0243. The number of rotatable bonds is 3. The lowest BCUT2D eigenvalue weighted by atomic mass is 9.96. The summed E-state index contributed by atoms with van der Waals surface area (Å²) in [5.74, 6) is 0.767. The molecule has 1 saturated carbocycles. The van der Waals surface area contributed by atoms with Crippen LogP contribution in [-0.4, -0.2) is 30.1 Å². The van der Waals surface area contributed by atoms with Crippen molar-refractivity contribution in [1.82, 2.24) is 4.90 Å². The molecule has 2 nitrogen and oxygen atoms in total. The third-order valence-corrected chi connectivity index (χ3v) is 4.59. The molecule has 1 atom stereocenters. The molecule has 0 radical (unpaired) electrons. The van der Waals surface area contributed by atoms with Crippen LogP contribution in [0.1, 0.15) is 30.9 Å². The molecule has 2 heteroatoms. The van der Waals surface area contributed by atoms with Crippen LogP contribution in [0.25, 0.3) is 0 Å². The summed E-state index contributed by atoms with van der Waals surface area (Å²) >= 11 is 0. The molecule has 98 valence electrons. The Labute approximate surface area is 110 Å². The lowest BCUT2D eigenvalue weighted by molar-refractivity contribution is 0.210. The number of fused-ring (bicyclic) bond motifs is 1. The van der Waals surface area contributed by atoms with Gasteiger partial charge in [-0.1, -0.05) is 24.3 Å². The van der Waals surface area contributed by atoms with Gasteiger partial charge in [-0.2, -0.15) is 0 Å². The van der Waals surface area contributed by atoms with Crippen LogP contribution in [0.4, 0.5) is 0 Å². The molecule has 0 saturated heterocycles. The first-order valence-corrected chi connectivity index (χ1v) is 7.23. The Morgan fingerprint density at radius 3 is 2.22 bits per heavy atom. The Morgan fingerprint density at radius 2 is 1.72 bits per heavy atom. The largest absolute Gasteiger partial charge is 0.324 e. The van der Waals surface area contributed by atoms with E-state index in [0.717, 1.165) is 25.6 Å². The van der Waals surface area contributed by atoms with Gasteiger partial charge in [0.1, 0.15) is 0 Å². The maximum absolute atomic E-state index is 6.47. The van der Waals surface area contributed by atoms with E-state index >= 15 is 0 Å². The molecular weight excluding hydrogens is 220 g/mol. The SMILES string of the molecule is CC(N)(CN1CCc2ccccc2CC1)C1CC1. The minimum absolute atomic E-state index is 0.0243. The van der Waals surface area contributed by atoms with Crippen molar-refractivity contribution in [3.8, 4) is 0 Å². The lowest BCUT2D eigenvalue weighted by Crippen LogP contribution is -2.50. The van der Waals surface area contributed by atoms with Crippen LogP contribution in [0.15, 0.2) is 24.3 Å². The summed E-state index contributed by atoms with van der Waals surface area (Å²) in [5, 5.41) is 0. The fourth-order valence-electron chi connectivity index (χ4n) is 3.23. The van der Waals surface area contributed by atoms with Crippen LogP contribution in [0.5, 0.6) is 0 Å². The lowest BCUT2D eigenvalue weighted by Gasteiger charge is -2.32. The van der Waals surface area contributed by atoms with Gasteiger partial charge >= 0.3 is 0 Å². The minimum Gasteiger partial charge on any atom is -0.324 e. The van der Waals surface area contributed by atoms with Crippen molar-refractivity contribution in [2.75, 3.05) is 19.6 Å². The second-order valence-electron chi connectivity index (χ2n) is 6.32. The maximum atomic E-state index is 6.47. The fourth-order valence-corrected chi connectivity index (χ4v) is 3.23. The van der Waals surface area contributed by atoms with E-state index in [9.17, 15) is 0 Å². The molecular formula is C16H24N2. The predicted octanol–water partition coefficient (Wildman–Crippen LogP) is 2.21. The van der Waals surface area contributed by atoms with Crippen LogP contribution in [0.3, 0.4) is 0 Å². The van der Waals surface area contributed by atoms with Crippen molar-refractivity contribution in [1.29, 1.82) is 0 Å². The van der Waals surface area contributed by atoms with E-state index in [-0.39, 0.29) is 5.54 Å². The van der Waals surface area contributed by atoms with E-state index in [0.29, 0.717) is 0 Å². The summed E-state index contributed by atoms with van der Waals surface area (Å²) in [6.07, 6.45) is 5.02. The van der Waals surface area contributed by atoms with Gasteiger partial charge in [0.05, 0.1) is 0 Å². The monoisotopic (exact) mass is 244 g/mol. The summed E-state index contributed by atoms with van der Waals surface area (Å²) in [5.41, 5.74) is 9.56. The zero-order valence-electron chi connectivity index (χ0n) is 11.4. The zero-order valence-corrected chi connectivity index (χ0v) is 11.4. The first-order chi connectivity index (χ1) is 8.65. The molecule has 0 bridgehead atoms. The third-order valence-electron chi connectivity index (χ3n) is 4.59. The van der Waals surface area contributed by atoms with E-state index in [1.165, 1.54) is 36.8 Å². The molecule has 0 spiro atoms. The molecule has 18 heavy (non-hydrogen) atoms. The van der Waals surface area contributed by atoms with Crippen LogP contribution in [0, 0.1) is 5.92 Å². The summed E-state index contributed by atoms with van der Waals surface area (Å²) in [6.45, 7) is 5.63. The molecule has 1 aromatic carbocycles. The Morgan fingerprint density at radius 1 is 1.17 bits per heavy atom. The van der Waals surface area contributed by atoms with Crippen molar-refractivity contribution in [3.63, 3.8) is 0 Å². The smallest absolute Gasteiger partial charge is 0.0283 e. The number of nitrogens with zero attached hydrogens (tertiary/aromatic N) is 1. The highest BCUT2D eigenvalue weighted by Gasteiger charge is 2.39. The van der Waals surface area contributed by atoms with Gasteiger partial charge in [0.25, 0.3) is 0 Å². The molecule has 1 unspecified atom stereocenters. The van der Waals surface area contributed by atoms with E-state index < -0.39 is 0 Å². The second-order valence-corrected chi connectivity index (χ2v) is 6.32. The molecule has 0 amide bonds. The van der Waals surface area contributed by atoms with Gasteiger partial charge in [0, 0.05) is 25.2 Å². The molecule has 1 aliphatic carbocycles. The fraction of sp³-hybridized carbons (Fsp3) is 0.625. The zero-order chi connectivity index (χ0) is 12.6. The maximum Gasteiger partial charge on any atom is 0.0283 e. The van der Waals surface area contributed by atoms with Crippen LogP contribution < -0.4 is 5.73 Å². The number of hydrogen-bond acceptors (Lipinski definition) is 2. The van der Waals surface area contributed by atoms with Crippen molar-refractivity contribution in [2.24, 2.45) is 11.7 Å². The molecule has 1 heterocycles. The van der Waals surface area contributed by atoms with Crippen molar-refractivity contribution in [3.05, 3.63) is 35.4 Å². The molecule has 1 aromatic rings. The van der Waals surface area contributed by atoms with Gasteiger partial charge in [-0.05, 0) is 49.7 Å². The Hall–Kier alpha value is -0.860. The third kappa shape index (κ3) is 2.60. The highest BCUT2D eigenvalue weighted by molar-refractivity contribution is 5.28. The van der Waals surface area contributed by atoms with Gasteiger partial charge in [-0.15, -0.1) is 0 Å². The Balaban J connectivity index is 1.64. The van der Waals surface area contributed by atoms with Gasteiger partial charge in [-0.25, -0.2) is 0 Å². The molecule has 2 aliphatic rings. The first kappa shape index (κ1) is 12.2. The van der Waals surface area contributed by atoms with E-state index in [1.54, 1.807) is 0 Å². The number of hydrogen-bond donors (Lipinski definition) is 1. The number of nitrogens with two attached hydrogens (primary N) is 1. The highest BCUT2D eigenvalue weighted by atomic mass is 15.1. The van der Waals surface area contributed by atoms with Crippen molar-refractivity contribution in [2.45, 2.75) is 38.1 Å². The predicted molar refractivity (Wildman–Crippen MR) is 75.6 cm³/mol. The summed E-state index contributed by atoms with van der Waals surface area (Å²) in [4.78, 5) is 2.57. The topological polar surface area (TPSA) is 29.3 Å². The first-order valence-electron chi connectivity index (χ1n) is 7.23. The summed E-state index contributed by atoms with van der Waals surface area (Å²) < 4.78 is 0. The summed E-state index contributed by atoms with van der Waals surface area (Å²) in [6, 6.07) is 8.88.